The number of aromatic nitrogens is 2. The number of hydrogen-bond acceptors (Lipinski definition) is 6. The molecule has 4 rings (SSSR count). The maximum absolute atomic E-state index is 13.4. The molecule has 2 fully saturated rings. The number of alkyl halides is 3. The smallest absolute Gasteiger partial charge is 0.433 e. The minimum absolute atomic E-state index is 0.0408. The van der Waals surface area contributed by atoms with Crippen molar-refractivity contribution in [1.29, 1.82) is 0 Å². The molecular formula is C20H22F4N4O2. The van der Waals surface area contributed by atoms with Crippen molar-refractivity contribution in [2.75, 3.05) is 44.7 Å². The van der Waals surface area contributed by atoms with Crippen LogP contribution in [-0.2, 0) is 10.9 Å². The molecule has 0 saturated carbocycles. The Morgan fingerprint density at radius 2 is 1.77 bits per heavy atom. The number of hydrogen-bond donors (Lipinski definition) is 0. The number of ether oxygens (including phenoxy) is 2. The first-order valence-corrected chi connectivity index (χ1v) is 9.70. The summed E-state index contributed by atoms with van der Waals surface area (Å²) in [6, 6.07) is 5.72. The van der Waals surface area contributed by atoms with E-state index in [2.05, 4.69) is 14.9 Å². The van der Waals surface area contributed by atoms with E-state index in [1.807, 2.05) is 7.05 Å². The summed E-state index contributed by atoms with van der Waals surface area (Å²) in [5.41, 5.74) is -1.36. The third-order valence-electron chi connectivity index (χ3n) is 5.41. The summed E-state index contributed by atoms with van der Waals surface area (Å²) < 4.78 is 64.7. The molecule has 0 unspecified atom stereocenters. The third kappa shape index (κ3) is 4.65. The fourth-order valence-electron chi connectivity index (χ4n) is 3.83. The topological polar surface area (TPSA) is 50.7 Å². The minimum Gasteiger partial charge on any atom is -0.439 e. The van der Waals surface area contributed by atoms with Crippen LogP contribution in [0.5, 0.6) is 11.6 Å². The Morgan fingerprint density at radius 3 is 2.40 bits per heavy atom. The Labute approximate surface area is 171 Å². The average molecular weight is 426 g/mol. The Hall–Kier alpha value is -2.46. The molecule has 2 saturated heterocycles. The zero-order valence-corrected chi connectivity index (χ0v) is 16.5. The third-order valence-corrected chi connectivity index (χ3v) is 5.41. The molecule has 0 N–H and O–H groups in total. The molecule has 2 aromatic rings. The van der Waals surface area contributed by atoms with E-state index in [4.69, 9.17) is 9.47 Å². The highest BCUT2D eigenvalue weighted by Crippen LogP contribution is 2.35. The van der Waals surface area contributed by atoms with Crippen LogP contribution in [0, 0.1) is 5.82 Å². The van der Waals surface area contributed by atoms with Crippen LogP contribution < -0.4 is 9.64 Å². The molecule has 10 heteroatoms. The van der Waals surface area contributed by atoms with E-state index >= 15 is 0 Å². The lowest BCUT2D eigenvalue weighted by Gasteiger charge is -2.46. The fourth-order valence-corrected chi connectivity index (χ4v) is 3.83. The molecule has 0 radical (unpaired) electrons. The van der Waals surface area contributed by atoms with Crippen molar-refractivity contribution in [3.05, 3.63) is 41.8 Å². The van der Waals surface area contributed by atoms with Crippen molar-refractivity contribution in [2.45, 2.75) is 24.6 Å². The van der Waals surface area contributed by atoms with Crippen LogP contribution in [0.4, 0.5) is 23.5 Å². The van der Waals surface area contributed by atoms with Crippen molar-refractivity contribution < 1.29 is 27.0 Å². The second-order valence-corrected chi connectivity index (χ2v) is 7.70. The van der Waals surface area contributed by atoms with Gasteiger partial charge in [-0.05, 0) is 44.2 Å². The Bertz CT molecular complexity index is 883. The quantitative estimate of drug-likeness (QED) is 0.698. The Kier molecular flexibility index (Phi) is 5.54. The van der Waals surface area contributed by atoms with E-state index in [9.17, 15) is 17.6 Å². The monoisotopic (exact) mass is 426 g/mol. The van der Waals surface area contributed by atoms with E-state index in [0.29, 0.717) is 32.5 Å². The average Bonchev–Trinajstić information content (AvgIpc) is 2.69. The van der Waals surface area contributed by atoms with Crippen molar-refractivity contribution >= 4 is 5.95 Å². The number of anilines is 1. The van der Waals surface area contributed by atoms with Crippen LogP contribution in [0.1, 0.15) is 18.5 Å². The number of morpholine rings is 1. The van der Waals surface area contributed by atoms with Crippen molar-refractivity contribution in [3.8, 4) is 11.6 Å². The predicted octanol–water partition coefficient (Wildman–Crippen LogP) is 3.73. The van der Waals surface area contributed by atoms with Crippen LogP contribution in [-0.4, -0.2) is 60.3 Å². The molecule has 162 valence electrons. The molecule has 6 nitrogen and oxygen atoms in total. The largest absolute Gasteiger partial charge is 0.439 e. The molecule has 0 aliphatic carbocycles. The number of rotatable bonds is 3. The highest BCUT2D eigenvalue weighted by atomic mass is 19.4. The van der Waals surface area contributed by atoms with Gasteiger partial charge in [-0.3, -0.25) is 0 Å². The van der Waals surface area contributed by atoms with Gasteiger partial charge in [-0.15, -0.1) is 0 Å². The summed E-state index contributed by atoms with van der Waals surface area (Å²) in [7, 11) is 2.03. The lowest BCUT2D eigenvalue weighted by Crippen LogP contribution is -2.56. The summed E-state index contributed by atoms with van der Waals surface area (Å²) in [6.45, 7) is 3.26. The zero-order valence-electron chi connectivity index (χ0n) is 16.5. The molecule has 1 aromatic carbocycles. The number of likely N-dealkylation sites (N-methyl/N-ethyl adjacent to an activating group) is 1. The van der Waals surface area contributed by atoms with E-state index in [0.717, 1.165) is 31.3 Å². The van der Waals surface area contributed by atoms with Gasteiger partial charge in [0, 0.05) is 32.2 Å². The van der Waals surface area contributed by atoms with Gasteiger partial charge in [-0.25, -0.2) is 9.37 Å². The first-order valence-electron chi connectivity index (χ1n) is 9.70. The van der Waals surface area contributed by atoms with Gasteiger partial charge in [0.15, 0.2) is 5.69 Å². The molecule has 1 aromatic heterocycles. The van der Waals surface area contributed by atoms with Crippen molar-refractivity contribution in [1.82, 2.24) is 14.9 Å². The van der Waals surface area contributed by atoms with E-state index in [1.54, 1.807) is 4.90 Å². The normalized spacial score (nSPS) is 19.8. The van der Waals surface area contributed by atoms with Gasteiger partial charge in [0.05, 0.1) is 12.2 Å². The maximum Gasteiger partial charge on any atom is 0.433 e. The second kappa shape index (κ2) is 7.99. The number of benzene rings is 1. The van der Waals surface area contributed by atoms with E-state index < -0.39 is 17.7 Å². The number of halogens is 4. The van der Waals surface area contributed by atoms with Gasteiger partial charge in [0.1, 0.15) is 11.6 Å². The van der Waals surface area contributed by atoms with Crippen LogP contribution in [0.2, 0.25) is 0 Å². The minimum atomic E-state index is -4.65. The molecule has 30 heavy (non-hydrogen) atoms. The molecule has 1 spiro atoms. The predicted molar refractivity (Wildman–Crippen MR) is 101 cm³/mol. The lowest BCUT2D eigenvalue weighted by molar-refractivity contribution is -0.141. The van der Waals surface area contributed by atoms with Gasteiger partial charge in [0.25, 0.3) is 0 Å². The summed E-state index contributed by atoms with van der Waals surface area (Å²) >= 11 is 0. The summed E-state index contributed by atoms with van der Waals surface area (Å²) in [4.78, 5) is 11.8. The van der Waals surface area contributed by atoms with Crippen molar-refractivity contribution in [2.24, 2.45) is 0 Å². The SMILES string of the molecule is CN1CCOC2(CCN(c3nc(Oc4ccc(F)cc4)cc(C(F)(F)F)n3)CC2)C1. The zero-order chi connectivity index (χ0) is 21.4. The summed E-state index contributed by atoms with van der Waals surface area (Å²) in [6.07, 6.45) is -3.30. The van der Waals surface area contributed by atoms with Crippen LogP contribution >= 0.6 is 0 Å². The van der Waals surface area contributed by atoms with Gasteiger partial charge >= 0.3 is 6.18 Å². The summed E-state index contributed by atoms with van der Waals surface area (Å²) in [5.74, 6) is -0.571. The summed E-state index contributed by atoms with van der Waals surface area (Å²) in [5, 5.41) is 0. The highest BCUT2D eigenvalue weighted by Gasteiger charge is 2.40. The molecule has 0 bridgehead atoms. The lowest BCUT2D eigenvalue weighted by atomic mass is 9.89. The van der Waals surface area contributed by atoms with Crippen molar-refractivity contribution in [3.63, 3.8) is 0 Å². The molecule has 0 atom stereocenters. The molecular weight excluding hydrogens is 404 g/mol. The van der Waals surface area contributed by atoms with Crippen LogP contribution in [0.3, 0.4) is 0 Å². The second-order valence-electron chi connectivity index (χ2n) is 7.70. The van der Waals surface area contributed by atoms with Crippen LogP contribution in [0.15, 0.2) is 30.3 Å². The Balaban J connectivity index is 1.56. The molecule has 2 aliphatic rings. The standard InChI is InChI=1S/C20H22F4N4O2/c1-27-10-11-29-19(13-27)6-8-28(9-7-19)18-25-16(20(22,23)24)12-17(26-18)30-15-4-2-14(21)3-5-15/h2-5,12H,6-11,13H2,1H3. The first-order chi connectivity index (χ1) is 14.2. The molecule has 3 heterocycles. The molecule has 2 aliphatic heterocycles. The number of piperidine rings is 1. The van der Waals surface area contributed by atoms with E-state index in [-0.39, 0.29) is 23.2 Å². The van der Waals surface area contributed by atoms with Gasteiger partial charge in [-0.2, -0.15) is 18.2 Å². The van der Waals surface area contributed by atoms with Crippen LogP contribution in [0.25, 0.3) is 0 Å². The number of nitrogens with zero attached hydrogens (tertiary/aromatic N) is 4. The fraction of sp³-hybridized carbons (Fsp3) is 0.500. The van der Waals surface area contributed by atoms with Gasteiger partial charge in [-0.1, -0.05) is 0 Å². The first kappa shape index (κ1) is 20.8. The molecule has 0 amide bonds. The van der Waals surface area contributed by atoms with Gasteiger partial charge in [0.2, 0.25) is 11.8 Å². The maximum atomic E-state index is 13.4. The van der Waals surface area contributed by atoms with E-state index in [1.165, 1.54) is 12.1 Å². The Morgan fingerprint density at radius 1 is 1.07 bits per heavy atom. The highest BCUT2D eigenvalue weighted by molar-refractivity contribution is 5.38. The van der Waals surface area contributed by atoms with Gasteiger partial charge < -0.3 is 19.3 Å².